The predicted octanol–water partition coefficient (Wildman–Crippen LogP) is 3.84. The van der Waals surface area contributed by atoms with Crippen LogP contribution in [-0.4, -0.2) is 30.3 Å². The normalized spacial score (nSPS) is 12.5. The van der Waals surface area contributed by atoms with Crippen molar-refractivity contribution in [3.63, 3.8) is 0 Å². The minimum absolute atomic E-state index is 0.0986. The van der Waals surface area contributed by atoms with Crippen LogP contribution in [0.4, 0.5) is 4.79 Å². The first kappa shape index (κ1) is 18.8. The van der Waals surface area contributed by atoms with Gasteiger partial charge < -0.3 is 14.8 Å². The van der Waals surface area contributed by atoms with E-state index in [0.717, 1.165) is 16.3 Å². The van der Waals surface area contributed by atoms with Gasteiger partial charge in [-0.25, -0.2) is 4.79 Å². The molecule has 0 saturated carbocycles. The molecule has 0 aliphatic heterocycles. The van der Waals surface area contributed by atoms with Crippen LogP contribution < -0.4 is 5.32 Å². The van der Waals surface area contributed by atoms with E-state index in [1.54, 1.807) is 20.8 Å². The molecule has 25 heavy (non-hydrogen) atoms. The number of fused-ring (bicyclic) bond motifs is 1. The smallest absolute Gasteiger partial charge is 0.408 e. The number of carbonyl (C=O) groups excluding carboxylic acids is 2. The minimum atomic E-state index is -0.584. The number of nitrogens with one attached hydrogen (secondary N) is 1. The number of carbonyl (C=O) groups is 2. The largest absolute Gasteiger partial charge is 0.464 e. The first-order chi connectivity index (χ1) is 11.7. The maximum absolute atomic E-state index is 12.0. The Kier molecular flexibility index (Phi) is 6.02. The van der Waals surface area contributed by atoms with Gasteiger partial charge in [0, 0.05) is 6.92 Å². The number of alkyl carbamates (subject to hydrolysis) is 1. The summed E-state index contributed by atoms with van der Waals surface area (Å²) in [5.74, 6) is -0.380. The molecule has 0 fully saturated rings. The van der Waals surface area contributed by atoms with Gasteiger partial charge >= 0.3 is 12.1 Å². The number of ether oxygens (including phenoxy) is 2. The molecule has 5 heteroatoms. The van der Waals surface area contributed by atoms with Crippen LogP contribution in [0.15, 0.2) is 42.5 Å². The van der Waals surface area contributed by atoms with Crippen molar-refractivity contribution in [3.8, 4) is 0 Å². The Morgan fingerprint density at radius 3 is 2.40 bits per heavy atom. The average molecular weight is 343 g/mol. The summed E-state index contributed by atoms with van der Waals surface area (Å²) >= 11 is 0. The molecule has 0 heterocycles. The molecule has 0 aromatic heterocycles. The molecule has 1 amide bonds. The third-order valence-corrected chi connectivity index (χ3v) is 3.50. The van der Waals surface area contributed by atoms with Crippen LogP contribution >= 0.6 is 0 Å². The Balaban J connectivity index is 2.10. The number of benzene rings is 2. The van der Waals surface area contributed by atoms with E-state index in [-0.39, 0.29) is 18.6 Å². The van der Waals surface area contributed by atoms with Gasteiger partial charge in [0.05, 0.1) is 6.04 Å². The molecule has 0 aliphatic rings. The van der Waals surface area contributed by atoms with Crippen LogP contribution in [0.3, 0.4) is 0 Å². The Bertz CT molecular complexity index is 749. The highest BCUT2D eigenvalue weighted by Gasteiger charge is 2.20. The van der Waals surface area contributed by atoms with Crippen molar-refractivity contribution in [2.24, 2.45) is 0 Å². The summed E-state index contributed by atoms with van der Waals surface area (Å²) in [6, 6.07) is 13.8. The highest BCUT2D eigenvalue weighted by atomic mass is 16.6. The van der Waals surface area contributed by atoms with E-state index in [2.05, 4.69) is 17.4 Å². The van der Waals surface area contributed by atoms with Crippen LogP contribution in [0.25, 0.3) is 10.8 Å². The second kappa shape index (κ2) is 8.01. The lowest BCUT2D eigenvalue weighted by atomic mass is 10.0. The number of rotatable bonds is 5. The fourth-order valence-corrected chi connectivity index (χ4v) is 2.49. The molecule has 1 N–H and O–H groups in total. The van der Waals surface area contributed by atoms with Crippen molar-refractivity contribution in [1.82, 2.24) is 5.32 Å². The topological polar surface area (TPSA) is 64.6 Å². The van der Waals surface area contributed by atoms with Gasteiger partial charge in [-0.15, -0.1) is 0 Å². The van der Waals surface area contributed by atoms with E-state index < -0.39 is 11.7 Å². The number of esters is 1. The molecule has 0 spiro atoms. The molecule has 0 radical (unpaired) electrons. The summed E-state index contributed by atoms with van der Waals surface area (Å²) in [5, 5.41) is 5.07. The lowest BCUT2D eigenvalue weighted by Gasteiger charge is -2.23. The molecular weight excluding hydrogens is 318 g/mol. The maximum atomic E-state index is 12.0. The SMILES string of the molecule is CC(=O)OC[C@H](Cc1ccc2ccccc2c1)NC(=O)OC(C)(C)C. The maximum Gasteiger partial charge on any atom is 0.408 e. The van der Waals surface area contributed by atoms with Gasteiger partial charge in [-0.3, -0.25) is 4.79 Å². The first-order valence-electron chi connectivity index (χ1n) is 8.33. The van der Waals surface area contributed by atoms with E-state index in [1.165, 1.54) is 6.92 Å². The van der Waals surface area contributed by atoms with Crippen molar-refractivity contribution in [2.45, 2.75) is 45.8 Å². The van der Waals surface area contributed by atoms with Crippen molar-refractivity contribution >= 4 is 22.8 Å². The summed E-state index contributed by atoms with van der Waals surface area (Å²) in [4.78, 5) is 23.2. The third kappa shape index (κ3) is 6.45. The molecular formula is C20H25NO4. The van der Waals surface area contributed by atoms with Gasteiger partial charge in [-0.2, -0.15) is 0 Å². The van der Waals surface area contributed by atoms with Crippen LogP contribution in [0.2, 0.25) is 0 Å². The zero-order valence-electron chi connectivity index (χ0n) is 15.2. The monoisotopic (exact) mass is 343 g/mol. The second-order valence-electron chi connectivity index (χ2n) is 7.03. The van der Waals surface area contributed by atoms with Gasteiger partial charge in [-0.05, 0) is 43.5 Å². The average Bonchev–Trinajstić information content (AvgIpc) is 2.50. The molecule has 2 aromatic carbocycles. The van der Waals surface area contributed by atoms with E-state index in [4.69, 9.17) is 9.47 Å². The van der Waals surface area contributed by atoms with Crippen molar-refractivity contribution in [3.05, 3.63) is 48.0 Å². The van der Waals surface area contributed by atoms with Gasteiger partial charge in [0.2, 0.25) is 0 Å². The molecule has 2 rings (SSSR count). The lowest BCUT2D eigenvalue weighted by Crippen LogP contribution is -2.43. The van der Waals surface area contributed by atoms with Crippen molar-refractivity contribution in [1.29, 1.82) is 0 Å². The van der Waals surface area contributed by atoms with E-state index >= 15 is 0 Å². The molecule has 0 unspecified atom stereocenters. The van der Waals surface area contributed by atoms with Crippen LogP contribution in [0.5, 0.6) is 0 Å². The highest BCUT2D eigenvalue weighted by Crippen LogP contribution is 2.17. The summed E-state index contributed by atoms with van der Waals surface area (Å²) in [6.45, 7) is 6.85. The minimum Gasteiger partial charge on any atom is -0.464 e. The molecule has 5 nitrogen and oxygen atoms in total. The van der Waals surface area contributed by atoms with Crippen molar-refractivity contribution in [2.75, 3.05) is 6.61 Å². The Labute approximate surface area is 148 Å². The van der Waals surface area contributed by atoms with Crippen LogP contribution in [0, 0.1) is 0 Å². The van der Waals surface area contributed by atoms with Gasteiger partial charge in [-0.1, -0.05) is 42.5 Å². The Hall–Kier alpha value is -2.56. The summed E-state index contributed by atoms with van der Waals surface area (Å²) in [7, 11) is 0. The first-order valence-corrected chi connectivity index (χ1v) is 8.33. The summed E-state index contributed by atoms with van der Waals surface area (Å²) in [6.07, 6.45) is 0.0163. The molecule has 134 valence electrons. The summed E-state index contributed by atoms with van der Waals surface area (Å²) in [5.41, 5.74) is 0.464. The fraction of sp³-hybridized carbons (Fsp3) is 0.400. The van der Waals surface area contributed by atoms with Gasteiger partial charge in [0.15, 0.2) is 0 Å². The van der Waals surface area contributed by atoms with Gasteiger partial charge in [0.1, 0.15) is 12.2 Å². The number of hydrogen-bond donors (Lipinski definition) is 1. The molecule has 0 aliphatic carbocycles. The van der Waals surface area contributed by atoms with E-state index in [9.17, 15) is 9.59 Å². The van der Waals surface area contributed by atoms with Crippen LogP contribution in [-0.2, 0) is 20.7 Å². The highest BCUT2D eigenvalue weighted by molar-refractivity contribution is 5.83. The predicted molar refractivity (Wildman–Crippen MR) is 97.4 cm³/mol. The third-order valence-electron chi connectivity index (χ3n) is 3.50. The Morgan fingerprint density at radius 2 is 1.76 bits per heavy atom. The quantitative estimate of drug-likeness (QED) is 0.838. The molecule has 0 saturated heterocycles. The van der Waals surface area contributed by atoms with E-state index in [0.29, 0.717) is 6.42 Å². The number of amides is 1. The van der Waals surface area contributed by atoms with Crippen LogP contribution in [0.1, 0.15) is 33.3 Å². The zero-order chi connectivity index (χ0) is 18.4. The van der Waals surface area contributed by atoms with Gasteiger partial charge in [0.25, 0.3) is 0 Å². The fourth-order valence-electron chi connectivity index (χ4n) is 2.49. The Morgan fingerprint density at radius 1 is 1.08 bits per heavy atom. The lowest BCUT2D eigenvalue weighted by molar-refractivity contribution is -0.141. The van der Waals surface area contributed by atoms with Crippen molar-refractivity contribution < 1.29 is 19.1 Å². The molecule has 1 atom stereocenters. The molecule has 0 bridgehead atoms. The summed E-state index contributed by atoms with van der Waals surface area (Å²) < 4.78 is 10.4. The standard InChI is InChI=1S/C20H25NO4/c1-14(22)24-13-18(21-19(23)25-20(2,3)4)12-15-9-10-16-7-5-6-8-17(16)11-15/h5-11,18H,12-13H2,1-4H3,(H,21,23)/t18-/m0/s1. The second-order valence-corrected chi connectivity index (χ2v) is 7.03. The molecule has 2 aromatic rings. The van der Waals surface area contributed by atoms with E-state index in [1.807, 2.05) is 30.3 Å². The zero-order valence-corrected chi connectivity index (χ0v) is 15.2. The number of hydrogen-bond acceptors (Lipinski definition) is 4.